The van der Waals surface area contributed by atoms with Gasteiger partial charge in [0.05, 0.1) is 18.4 Å². The van der Waals surface area contributed by atoms with Crippen molar-refractivity contribution < 1.29 is 9.53 Å². The SMILES string of the molecule is COC(=O)c1cccc(Cn2cc(C=Nc3ccc(C)cc3Br)c3ccccc32)c1. The molecule has 30 heavy (non-hydrogen) atoms. The normalized spacial score (nSPS) is 11.3. The van der Waals surface area contributed by atoms with Crippen molar-refractivity contribution in [3.05, 3.63) is 99.7 Å². The van der Waals surface area contributed by atoms with Crippen LogP contribution in [0.15, 0.2) is 82.4 Å². The van der Waals surface area contributed by atoms with Crippen LogP contribution < -0.4 is 0 Å². The number of fused-ring (bicyclic) bond motifs is 1. The molecule has 0 atom stereocenters. The molecule has 0 amide bonds. The molecule has 4 rings (SSSR count). The predicted octanol–water partition coefficient (Wildman–Crippen LogP) is 6.30. The van der Waals surface area contributed by atoms with Gasteiger partial charge in [-0.3, -0.25) is 4.99 Å². The van der Waals surface area contributed by atoms with Crippen molar-refractivity contribution >= 4 is 44.7 Å². The minimum atomic E-state index is -0.328. The minimum absolute atomic E-state index is 0.328. The van der Waals surface area contributed by atoms with E-state index in [2.05, 4.69) is 62.9 Å². The Morgan fingerprint density at radius 2 is 1.93 bits per heavy atom. The number of aromatic nitrogens is 1. The van der Waals surface area contributed by atoms with Gasteiger partial charge in [-0.2, -0.15) is 0 Å². The molecule has 150 valence electrons. The first-order valence-electron chi connectivity index (χ1n) is 9.60. The fraction of sp³-hybridized carbons (Fsp3) is 0.120. The first-order chi connectivity index (χ1) is 14.5. The third-order valence-corrected chi connectivity index (χ3v) is 5.60. The van der Waals surface area contributed by atoms with E-state index >= 15 is 0 Å². The summed E-state index contributed by atoms with van der Waals surface area (Å²) in [5, 5.41) is 1.13. The fourth-order valence-electron chi connectivity index (χ4n) is 3.48. The van der Waals surface area contributed by atoms with Gasteiger partial charge in [0.1, 0.15) is 0 Å². The van der Waals surface area contributed by atoms with E-state index in [0.717, 1.165) is 32.2 Å². The van der Waals surface area contributed by atoms with E-state index in [9.17, 15) is 4.79 Å². The molecular weight excluding hydrogens is 440 g/mol. The Balaban J connectivity index is 1.69. The predicted molar refractivity (Wildman–Crippen MR) is 125 cm³/mol. The second-order valence-corrected chi connectivity index (χ2v) is 7.99. The number of nitrogens with zero attached hydrogens (tertiary/aromatic N) is 2. The van der Waals surface area contributed by atoms with E-state index in [1.807, 2.05) is 42.6 Å². The van der Waals surface area contributed by atoms with Crippen LogP contribution in [-0.2, 0) is 11.3 Å². The highest BCUT2D eigenvalue weighted by Crippen LogP contribution is 2.27. The molecule has 4 aromatic rings. The smallest absolute Gasteiger partial charge is 0.337 e. The summed E-state index contributed by atoms with van der Waals surface area (Å²) in [4.78, 5) is 16.5. The zero-order chi connectivity index (χ0) is 21.1. The van der Waals surface area contributed by atoms with E-state index in [1.54, 1.807) is 6.07 Å². The highest BCUT2D eigenvalue weighted by Gasteiger charge is 2.10. The summed E-state index contributed by atoms with van der Waals surface area (Å²) in [7, 11) is 1.40. The minimum Gasteiger partial charge on any atom is -0.465 e. The van der Waals surface area contributed by atoms with Crippen LogP contribution in [0, 0.1) is 6.92 Å². The second-order valence-electron chi connectivity index (χ2n) is 7.13. The van der Waals surface area contributed by atoms with Crippen molar-refractivity contribution in [2.45, 2.75) is 13.5 Å². The molecule has 0 aliphatic carbocycles. The zero-order valence-corrected chi connectivity index (χ0v) is 18.4. The van der Waals surface area contributed by atoms with Crippen molar-refractivity contribution in [2.24, 2.45) is 4.99 Å². The Morgan fingerprint density at radius 3 is 2.73 bits per heavy atom. The number of rotatable bonds is 5. The van der Waals surface area contributed by atoms with Crippen molar-refractivity contribution in [2.75, 3.05) is 7.11 Å². The zero-order valence-electron chi connectivity index (χ0n) is 16.8. The van der Waals surface area contributed by atoms with Crippen LogP contribution >= 0.6 is 15.9 Å². The molecule has 0 aliphatic heterocycles. The highest BCUT2D eigenvalue weighted by molar-refractivity contribution is 9.10. The molecule has 1 heterocycles. The number of esters is 1. The van der Waals surface area contributed by atoms with Gasteiger partial charge in [-0.05, 0) is 64.3 Å². The average Bonchev–Trinajstić information content (AvgIpc) is 3.10. The molecule has 3 aromatic carbocycles. The Bertz CT molecular complexity index is 1260. The summed E-state index contributed by atoms with van der Waals surface area (Å²) in [6.45, 7) is 2.70. The summed E-state index contributed by atoms with van der Waals surface area (Å²) < 4.78 is 7.99. The Hall–Kier alpha value is -3.18. The van der Waals surface area contributed by atoms with Crippen molar-refractivity contribution in [1.82, 2.24) is 4.57 Å². The number of benzene rings is 3. The molecule has 4 nitrogen and oxygen atoms in total. The Kier molecular flexibility index (Phi) is 5.81. The summed E-state index contributed by atoms with van der Waals surface area (Å²) in [5.41, 5.74) is 5.82. The summed E-state index contributed by atoms with van der Waals surface area (Å²) in [6.07, 6.45) is 4.00. The molecule has 0 bridgehead atoms. The quantitative estimate of drug-likeness (QED) is 0.259. The van der Waals surface area contributed by atoms with E-state index in [0.29, 0.717) is 12.1 Å². The van der Waals surface area contributed by atoms with Crippen LogP contribution in [0.4, 0.5) is 5.69 Å². The summed E-state index contributed by atoms with van der Waals surface area (Å²) >= 11 is 3.59. The van der Waals surface area contributed by atoms with Gasteiger partial charge in [-0.1, -0.05) is 36.4 Å². The molecule has 0 unspecified atom stereocenters. The topological polar surface area (TPSA) is 43.6 Å². The Labute approximate surface area is 184 Å². The van der Waals surface area contributed by atoms with Gasteiger partial charge in [-0.15, -0.1) is 0 Å². The van der Waals surface area contributed by atoms with Gasteiger partial charge in [0, 0.05) is 39.9 Å². The molecular formula is C25H21BrN2O2. The lowest BCUT2D eigenvalue weighted by molar-refractivity contribution is 0.0600. The lowest BCUT2D eigenvalue weighted by Gasteiger charge is -2.07. The molecule has 1 aromatic heterocycles. The number of aliphatic imine (C=N–C) groups is 1. The Morgan fingerprint density at radius 1 is 1.10 bits per heavy atom. The number of halogens is 1. The van der Waals surface area contributed by atoms with Crippen LogP contribution in [0.25, 0.3) is 10.9 Å². The standard InChI is InChI=1S/C25H21BrN2O2/c1-17-10-11-23(22(26)12-17)27-14-20-16-28(24-9-4-3-8-21(20)24)15-18-6-5-7-19(13-18)25(29)30-2/h3-14,16H,15H2,1-2H3. The summed E-state index contributed by atoms with van der Waals surface area (Å²) in [6, 6.07) is 21.9. The highest BCUT2D eigenvalue weighted by atomic mass is 79.9. The van der Waals surface area contributed by atoms with Gasteiger partial charge < -0.3 is 9.30 Å². The van der Waals surface area contributed by atoms with Gasteiger partial charge in [0.25, 0.3) is 0 Å². The number of aryl methyl sites for hydroxylation is 1. The van der Waals surface area contributed by atoms with Gasteiger partial charge in [0.15, 0.2) is 0 Å². The van der Waals surface area contributed by atoms with Crippen LogP contribution in [0.3, 0.4) is 0 Å². The van der Waals surface area contributed by atoms with Crippen molar-refractivity contribution in [3.63, 3.8) is 0 Å². The number of carbonyl (C=O) groups excluding carboxylic acids is 1. The first kappa shape index (κ1) is 20.1. The van der Waals surface area contributed by atoms with Crippen molar-refractivity contribution in [3.8, 4) is 0 Å². The third-order valence-electron chi connectivity index (χ3n) is 4.97. The maximum Gasteiger partial charge on any atom is 0.337 e. The average molecular weight is 461 g/mol. The van der Waals surface area contributed by atoms with E-state index in [4.69, 9.17) is 4.74 Å². The summed E-state index contributed by atoms with van der Waals surface area (Å²) in [5.74, 6) is -0.328. The third kappa shape index (κ3) is 4.21. The monoisotopic (exact) mass is 460 g/mol. The lowest BCUT2D eigenvalue weighted by atomic mass is 10.1. The van der Waals surface area contributed by atoms with Gasteiger partial charge in [0.2, 0.25) is 0 Å². The number of carbonyl (C=O) groups is 1. The fourth-order valence-corrected chi connectivity index (χ4v) is 4.07. The molecule has 0 radical (unpaired) electrons. The maximum atomic E-state index is 11.9. The number of hydrogen-bond acceptors (Lipinski definition) is 3. The van der Waals surface area contributed by atoms with Gasteiger partial charge >= 0.3 is 5.97 Å². The van der Waals surface area contributed by atoms with Crippen LogP contribution in [0.2, 0.25) is 0 Å². The van der Waals surface area contributed by atoms with Crippen LogP contribution in [0.5, 0.6) is 0 Å². The van der Waals surface area contributed by atoms with Gasteiger partial charge in [-0.25, -0.2) is 4.79 Å². The molecule has 0 N–H and O–H groups in total. The van der Waals surface area contributed by atoms with Crippen LogP contribution in [-0.4, -0.2) is 23.9 Å². The molecule has 0 saturated carbocycles. The number of methoxy groups -OCH3 is 1. The molecule has 0 fully saturated rings. The number of para-hydroxylation sites is 1. The van der Waals surface area contributed by atoms with E-state index in [-0.39, 0.29) is 5.97 Å². The van der Waals surface area contributed by atoms with Crippen LogP contribution in [0.1, 0.15) is 27.0 Å². The molecule has 5 heteroatoms. The molecule has 0 aliphatic rings. The lowest BCUT2D eigenvalue weighted by Crippen LogP contribution is -2.03. The first-order valence-corrected chi connectivity index (χ1v) is 10.4. The van der Waals surface area contributed by atoms with E-state index < -0.39 is 0 Å². The number of ether oxygens (including phenoxy) is 1. The van der Waals surface area contributed by atoms with Crippen molar-refractivity contribution in [1.29, 1.82) is 0 Å². The largest absolute Gasteiger partial charge is 0.465 e. The molecule has 0 saturated heterocycles. The second kappa shape index (κ2) is 8.67. The number of hydrogen-bond donors (Lipinski definition) is 0. The van der Waals surface area contributed by atoms with E-state index in [1.165, 1.54) is 12.7 Å². The maximum absolute atomic E-state index is 11.9. The molecule has 0 spiro atoms.